The van der Waals surface area contributed by atoms with Gasteiger partial charge < -0.3 is 10.2 Å². The zero-order valence-corrected chi connectivity index (χ0v) is 11.3. The molecule has 0 aliphatic rings. The van der Waals surface area contributed by atoms with Crippen LogP contribution in [0.2, 0.25) is 5.02 Å². The highest BCUT2D eigenvalue weighted by Gasteiger charge is 2.16. The Morgan fingerprint density at radius 2 is 1.60 bits per heavy atom. The summed E-state index contributed by atoms with van der Waals surface area (Å²) in [6.45, 7) is 1.65. The molecule has 0 saturated carbocycles. The van der Waals surface area contributed by atoms with Crippen LogP contribution in [-0.2, 0) is 0 Å². The van der Waals surface area contributed by atoms with Crippen LogP contribution < -0.4 is 0 Å². The van der Waals surface area contributed by atoms with Gasteiger partial charge in [-0.1, -0.05) is 23.7 Å². The molecule has 0 aliphatic carbocycles. The summed E-state index contributed by atoms with van der Waals surface area (Å²) in [6.07, 6.45) is 0. The third-order valence-electron chi connectivity index (χ3n) is 3.04. The first-order valence-corrected chi connectivity index (χ1v) is 6.15. The van der Waals surface area contributed by atoms with Crippen molar-refractivity contribution in [2.75, 3.05) is 0 Å². The van der Waals surface area contributed by atoms with E-state index >= 15 is 0 Å². The number of aromatic carboxylic acids is 2. The number of hydrogen-bond donors (Lipinski definition) is 2. The molecule has 5 heteroatoms. The molecule has 0 fully saturated rings. The van der Waals surface area contributed by atoms with Gasteiger partial charge in [-0.3, -0.25) is 0 Å². The summed E-state index contributed by atoms with van der Waals surface area (Å²) in [7, 11) is 0. The lowest BCUT2D eigenvalue weighted by atomic mass is 9.94. The maximum absolute atomic E-state index is 11.2. The third kappa shape index (κ3) is 2.65. The van der Waals surface area contributed by atoms with Crippen molar-refractivity contribution < 1.29 is 19.8 Å². The Balaban J connectivity index is 2.71. The van der Waals surface area contributed by atoms with Crippen molar-refractivity contribution in [3.63, 3.8) is 0 Å². The van der Waals surface area contributed by atoms with Gasteiger partial charge in [0.25, 0.3) is 0 Å². The average molecular weight is 291 g/mol. The fraction of sp³-hybridized carbons (Fsp3) is 0.0667. The second-order valence-corrected chi connectivity index (χ2v) is 4.75. The summed E-state index contributed by atoms with van der Waals surface area (Å²) in [5.41, 5.74) is 1.73. The van der Waals surface area contributed by atoms with Gasteiger partial charge in [-0.2, -0.15) is 0 Å². The molecule has 0 atom stereocenters. The van der Waals surface area contributed by atoms with Crippen LogP contribution in [0.25, 0.3) is 11.1 Å². The topological polar surface area (TPSA) is 74.6 Å². The number of carbonyl (C=O) groups is 2. The number of rotatable bonds is 3. The van der Waals surface area contributed by atoms with Crippen molar-refractivity contribution in [3.05, 3.63) is 58.1 Å². The van der Waals surface area contributed by atoms with Gasteiger partial charge in [-0.25, -0.2) is 9.59 Å². The molecule has 2 N–H and O–H groups in total. The molecule has 0 amide bonds. The van der Waals surface area contributed by atoms with Crippen LogP contribution in [0, 0.1) is 6.92 Å². The Morgan fingerprint density at radius 1 is 1.00 bits per heavy atom. The van der Waals surface area contributed by atoms with E-state index in [1.165, 1.54) is 12.1 Å². The molecule has 2 aromatic carbocycles. The monoisotopic (exact) mass is 290 g/mol. The zero-order valence-electron chi connectivity index (χ0n) is 10.6. The number of hydrogen-bond acceptors (Lipinski definition) is 2. The van der Waals surface area contributed by atoms with Gasteiger partial charge in [0.1, 0.15) is 0 Å². The SMILES string of the molecule is Cc1c(C(=O)O)cc(C(=O)O)cc1-c1ccc(Cl)cc1. The minimum atomic E-state index is -1.16. The standard InChI is InChI=1S/C15H11ClO4/c1-8-12(9-2-4-11(16)5-3-9)6-10(14(17)18)7-13(8)15(19)20/h2-7H,1H3,(H,17,18)(H,19,20). The Kier molecular flexibility index (Phi) is 3.77. The van der Waals surface area contributed by atoms with Crippen molar-refractivity contribution in [2.24, 2.45) is 0 Å². The van der Waals surface area contributed by atoms with Gasteiger partial charge in [0, 0.05) is 5.02 Å². The fourth-order valence-electron chi connectivity index (χ4n) is 1.99. The van der Waals surface area contributed by atoms with Crippen molar-refractivity contribution >= 4 is 23.5 Å². The first-order chi connectivity index (χ1) is 9.40. The quantitative estimate of drug-likeness (QED) is 0.903. The van der Waals surface area contributed by atoms with Gasteiger partial charge in [-0.15, -0.1) is 0 Å². The van der Waals surface area contributed by atoms with Crippen LogP contribution in [-0.4, -0.2) is 22.2 Å². The normalized spacial score (nSPS) is 10.3. The summed E-state index contributed by atoms with van der Waals surface area (Å²) < 4.78 is 0. The molecule has 4 nitrogen and oxygen atoms in total. The van der Waals surface area contributed by atoms with Gasteiger partial charge in [0.15, 0.2) is 0 Å². The van der Waals surface area contributed by atoms with E-state index in [1.807, 2.05) is 0 Å². The van der Waals surface area contributed by atoms with Crippen LogP contribution in [0.1, 0.15) is 26.3 Å². The highest BCUT2D eigenvalue weighted by atomic mass is 35.5. The zero-order chi connectivity index (χ0) is 14.9. The van der Waals surface area contributed by atoms with Crippen LogP contribution >= 0.6 is 11.6 Å². The molecule has 0 heterocycles. The van der Waals surface area contributed by atoms with E-state index in [4.69, 9.17) is 16.7 Å². The third-order valence-corrected chi connectivity index (χ3v) is 3.29. The number of benzene rings is 2. The molecule has 0 saturated heterocycles. The molecule has 102 valence electrons. The highest BCUT2D eigenvalue weighted by molar-refractivity contribution is 6.30. The second kappa shape index (κ2) is 5.35. The van der Waals surface area contributed by atoms with E-state index in [9.17, 15) is 14.7 Å². The highest BCUT2D eigenvalue weighted by Crippen LogP contribution is 2.28. The van der Waals surface area contributed by atoms with E-state index < -0.39 is 11.9 Å². The summed E-state index contributed by atoms with van der Waals surface area (Å²) in [5.74, 6) is -2.32. The predicted octanol–water partition coefficient (Wildman–Crippen LogP) is 3.71. The molecule has 2 aromatic rings. The van der Waals surface area contributed by atoms with Gasteiger partial charge in [0.2, 0.25) is 0 Å². The molecule has 0 unspecified atom stereocenters. The van der Waals surface area contributed by atoms with E-state index in [-0.39, 0.29) is 11.1 Å². The molecule has 20 heavy (non-hydrogen) atoms. The maximum Gasteiger partial charge on any atom is 0.335 e. The first-order valence-electron chi connectivity index (χ1n) is 5.77. The number of carboxylic acid groups (broad SMARTS) is 2. The molecular weight excluding hydrogens is 280 g/mol. The number of halogens is 1. The molecule has 2 rings (SSSR count). The summed E-state index contributed by atoms with van der Waals surface area (Å²) in [6, 6.07) is 9.42. The van der Waals surface area contributed by atoms with Crippen molar-refractivity contribution in [3.8, 4) is 11.1 Å². The van der Waals surface area contributed by atoms with E-state index in [2.05, 4.69) is 0 Å². The Hall–Kier alpha value is -2.33. The minimum Gasteiger partial charge on any atom is -0.478 e. The van der Waals surface area contributed by atoms with Crippen molar-refractivity contribution in [1.29, 1.82) is 0 Å². The Bertz CT molecular complexity index is 690. The second-order valence-electron chi connectivity index (χ2n) is 4.31. The number of carboxylic acids is 2. The molecule has 0 spiro atoms. The van der Waals surface area contributed by atoms with Gasteiger partial charge in [-0.05, 0) is 47.9 Å². The van der Waals surface area contributed by atoms with Crippen LogP contribution in [0.3, 0.4) is 0 Å². The van der Waals surface area contributed by atoms with Crippen molar-refractivity contribution in [1.82, 2.24) is 0 Å². The fourth-order valence-corrected chi connectivity index (χ4v) is 2.12. The van der Waals surface area contributed by atoms with E-state index in [1.54, 1.807) is 31.2 Å². The summed E-state index contributed by atoms with van der Waals surface area (Å²) >= 11 is 5.81. The molecular formula is C15H11ClO4. The van der Waals surface area contributed by atoms with Crippen LogP contribution in [0.4, 0.5) is 0 Å². The largest absolute Gasteiger partial charge is 0.478 e. The Labute approximate surface area is 120 Å². The lowest BCUT2D eigenvalue weighted by Crippen LogP contribution is -2.06. The Morgan fingerprint density at radius 3 is 2.10 bits per heavy atom. The maximum atomic E-state index is 11.2. The predicted molar refractivity (Wildman–Crippen MR) is 75.5 cm³/mol. The van der Waals surface area contributed by atoms with Gasteiger partial charge >= 0.3 is 11.9 Å². The summed E-state index contributed by atoms with van der Waals surface area (Å²) in [4.78, 5) is 22.3. The van der Waals surface area contributed by atoms with Crippen molar-refractivity contribution in [2.45, 2.75) is 6.92 Å². The van der Waals surface area contributed by atoms with Crippen LogP contribution in [0.15, 0.2) is 36.4 Å². The van der Waals surface area contributed by atoms with Crippen LogP contribution in [0.5, 0.6) is 0 Å². The minimum absolute atomic E-state index is 0.0187. The summed E-state index contributed by atoms with van der Waals surface area (Å²) in [5, 5.41) is 18.8. The lowest BCUT2D eigenvalue weighted by molar-refractivity contribution is 0.0695. The van der Waals surface area contributed by atoms with E-state index in [0.717, 1.165) is 5.56 Å². The van der Waals surface area contributed by atoms with E-state index in [0.29, 0.717) is 16.1 Å². The lowest BCUT2D eigenvalue weighted by Gasteiger charge is -2.11. The molecule has 0 aliphatic heterocycles. The molecule has 0 radical (unpaired) electrons. The average Bonchev–Trinajstić information content (AvgIpc) is 2.39. The molecule has 0 bridgehead atoms. The smallest absolute Gasteiger partial charge is 0.335 e. The van der Waals surface area contributed by atoms with Gasteiger partial charge in [0.05, 0.1) is 11.1 Å². The molecule has 0 aromatic heterocycles. The first kappa shape index (κ1) is 14.1.